The van der Waals surface area contributed by atoms with Crippen molar-refractivity contribution in [2.75, 3.05) is 6.61 Å². The molecular weight excluding hydrogens is 210 g/mol. The molecule has 0 unspecified atom stereocenters. The molecule has 0 saturated heterocycles. The molecule has 16 heavy (non-hydrogen) atoms. The van der Waals surface area contributed by atoms with Gasteiger partial charge in [0, 0.05) is 24.3 Å². The van der Waals surface area contributed by atoms with Gasteiger partial charge in [-0.25, -0.2) is 0 Å². The second kappa shape index (κ2) is 4.32. The summed E-state index contributed by atoms with van der Waals surface area (Å²) in [5.74, 6) is 0.603. The Hall–Kier alpha value is -1.88. The van der Waals surface area contributed by atoms with Crippen molar-refractivity contribution in [3.8, 4) is 5.75 Å². The number of rotatable bonds is 3. The maximum atomic E-state index is 10.6. The molecule has 0 N–H and O–H groups in total. The topological polar surface area (TPSA) is 61.6 Å². The lowest BCUT2D eigenvalue weighted by atomic mass is 10.1. The van der Waals surface area contributed by atoms with Crippen molar-refractivity contribution in [3.63, 3.8) is 0 Å². The Morgan fingerprint density at radius 2 is 2.38 bits per heavy atom. The Balaban J connectivity index is 2.25. The van der Waals surface area contributed by atoms with Crippen LogP contribution in [0.4, 0.5) is 5.69 Å². The van der Waals surface area contributed by atoms with Crippen LogP contribution in [0.2, 0.25) is 0 Å². The quantitative estimate of drug-likeness (QED) is 0.580. The van der Waals surface area contributed by atoms with Gasteiger partial charge in [-0.15, -0.1) is 0 Å². The van der Waals surface area contributed by atoms with Gasteiger partial charge in [0.15, 0.2) is 0 Å². The average Bonchev–Trinajstić information content (AvgIpc) is 2.28. The summed E-state index contributed by atoms with van der Waals surface area (Å²) in [5.41, 5.74) is 0.756. The maximum Gasteiger partial charge on any atom is 0.270 e. The summed E-state index contributed by atoms with van der Waals surface area (Å²) in [5, 5.41) is 10.6. The first-order valence-electron chi connectivity index (χ1n) is 4.95. The Morgan fingerprint density at radius 1 is 1.56 bits per heavy atom. The minimum Gasteiger partial charge on any atom is -0.461 e. The third-order valence-corrected chi connectivity index (χ3v) is 2.21. The van der Waals surface area contributed by atoms with E-state index in [9.17, 15) is 10.1 Å². The fourth-order valence-corrected chi connectivity index (χ4v) is 1.49. The van der Waals surface area contributed by atoms with Crippen molar-refractivity contribution < 1.29 is 14.4 Å². The van der Waals surface area contributed by atoms with Crippen molar-refractivity contribution in [2.24, 2.45) is 0 Å². The van der Waals surface area contributed by atoms with Gasteiger partial charge in [0.2, 0.25) is 6.29 Å². The van der Waals surface area contributed by atoms with E-state index in [-0.39, 0.29) is 5.69 Å². The van der Waals surface area contributed by atoms with Crippen LogP contribution in [-0.2, 0) is 4.74 Å². The first-order chi connectivity index (χ1) is 7.70. The SMILES string of the molecule is CCO[C@@H]1C=Cc2cc([N+](=O)[O-])ccc2O1. The zero-order chi connectivity index (χ0) is 11.5. The highest BCUT2D eigenvalue weighted by molar-refractivity contribution is 5.62. The molecule has 1 aliphatic rings. The molecule has 1 aromatic carbocycles. The predicted octanol–water partition coefficient (Wildman–Crippen LogP) is 2.36. The number of hydrogen-bond donors (Lipinski definition) is 0. The predicted molar refractivity (Wildman–Crippen MR) is 58.2 cm³/mol. The molecule has 0 aliphatic carbocycles. The summed E-state index contributed by atoms with van der Waals surface area (Å²) < 4.78 is 10.7. The summed E-state index contributed by atoms with van der Waals surface area (Å²) in [6.07, 6.45) is 3.10. The summed E-state index contributed by atoms with van der Waals surface area (Å²) >= 11 is 0. The fourth-order valence-electron chi connectivity index (χ4n) is 1.49. The summed E-state index contributed by atoms with van der Waals surface area (Å²) in [6, 6.07) is 4.48. The molecule has 0 saturated carbocycles. The zero-order valence-corrected chi connectivity index (χ0v) is 8.75. The van der Waals surface area contributed by atoms with E-state index in [0.29, 0.717) is 17.9 Å². The van der Waals surface area contributed by atoms with Gasteiger partial charge in [0.1, 0.15) is 5.75 Å². The summed E-state index contributed by atoms with van der Waals surface area (Å²) in [4.78, 5) is 10.1. The van der Waals surface area contributed by atoms with Crippen LogP contribution in [0.15, 0.2) is 24.3 Å². The molecule has 1 aliphatic heterocycles. The van der Waals surface area contributed by atoms with Gasteiger partial charge in [-0.3, -0.25) is 10.1 Å². The van der Waals surface area contributed by atoms with Crippen LogP contribution in [-0.4, -0.2) is 17.8 Å². The second-order valence-electron chi connectivity index (χ2n) is 3.28. The standard InChI is InChI=1S/C11H11NO4/c1-2-15-11-6-3-8-7-9(12(13)14)4-5-10(8)16-11/h3-7,11H,2H2,1H3/t11-/m0/s1. The molecule has 5 nitrogen and oxygen atoms in total. The maximum absolute atomic E-state index is 10.6. The lowest BCUT2D eigenvalue weighted by Crippen LogP contribution is -2.20. The smallest absolute Gasteiger partial charge is 0.270 e. The van der Waals surface area contributed by atoms with Crippen LogP contribution in [0, 0.1) is 10.1 Å². The number of fused-ring (bicyclic) bond motifs is 1. The molecule has 1 aromatic rings. The molecule has 0 bridgehead atoms. The lowest BCUT2D eigenvalue weighted by Gasteiger charge is -2.20. The Bertz CT molecular complexity index is 442. The average molecular weight is 221 g/mol. The van der Waals surface area contributed by atoms with Gasteiger partial charge in [-0.1, -0.05) is 0 Å². The number of nitrogens with zero attached hydrogens (tertiary/aromatic N) is 1. The number of nitro benzene ring substituents is 1. The van der Waals surface area contributed by atoms with Crippen LogP contribution in [0.1, 0.15) is 12.5 Å². The second-order valence-corrected chi connectivity index (χ2v) is 3.28. The highest BCUT2D eigenvalue weighted by Crippen LogP contribution is 2.29. The van der Waals surface area contributed by atoms with Crippen LogP contribution >= 0.6 is 0 Å². The number of benzene rings is 1. The molecule has 84 valence electrons. The first-order valence-corrected chi connectivity index (χ1v) is 4.95. The van der Waals surface area contributed by atoms with Crippen molar-refractivity contribution in [1.82, 2.24) is 0 Å². The molecule has 0 radical (unpaired) electrons. The molecule has 5 heteroatoms. The van der Waals surface area contributed by atoms with E-state index in [2.05, 4.69) is 0 Å². The molecule has 0 fully saturated rings. The van der Waals surface area contributed by atoms with Gasteiger partial charge in [-0.05, 0) is 25.1 Å². The zero-order valence-electron chi connectivity index (χ0n) is 8.75. The molecule has 2 rings (SSSR count). The summed E-state index contributed by atoms with van der Waals surface area (Å²) in [6.45, 7) is 2.43. The van der Waals surface area contributed by atoms with Crippen molar-refractivity contribution in [1.29, 1.82) is 0 Å². The monoisotopic (exact) mass is 221 g/mol. The first kappa shape index (κ1) is 10.6. The largest absolute Gasteiger partial charge is 0.461 e. The van der Waals surface area contributed by atoms with E-state index in [1.807, 2.05) is 6.92 Å². The number of hydrogen-bond acceptors (Lipinski definition) is 4. The Kier molecular flexibility index (Phi) is 2.87. The van der Waals surface area contributed by atoms with Gasteiger partial charge < -0.3 is 9.47 Å². The van der Waals surface area contributed by atoms with E-state index in [1.54, 1.807) is 18.2 Å². The van der Waals surface area contributed by atoms with E-state index >= 15 is 0 Å². The number of ether oxygens (including phenoxy) is 2. The van der Waals surface area contributed by atoms with Crippen LogP contribution < -0.4 is 4.74 Å². The molecular formula is C11H11NO4. The van der Waals surface area contributed by atoms with E-state index in [4.69, 9.17) is 9.47 Å². The third kappa shape index (κ3) is 2.04. The number of non-ortho nitro benzene ring substituents is 1. The Labute approximate surface area is 92.4 Å². The third-order valence-electron chi connectivity index (χ3n) is 2.21. The number of nitro groups is 1. The minimum atomic E-state index is -0.428. The van der Waals surface area contributed by atoms with Crippen LogP contribution in [0.3, 0.4) is 0 Å². The van der Waals surface area contributed by atoms with Gasteiger partial charge in [0.05, 0.1) is 4.92 Å². The van der Waals surface area contributed by atoms with E-state index in [0.717, 1.165) is 0 Å². The summed E-state index contributed by atoms with van der Waals surface area (Å²) in [7, 11) is 0. The van der Waals surface area contributed by atoms with Gasteiger partial charge >= 0.3 is 0 Å². The fraction of sp³-hybridized carbons (Fsp3) is 0.273. The molecule has 0 amide bonds. The van der Waals surface area contributed by atoms with Crippen molar-refractivity contribution >= 4 is 11.8 Å². The van der Waals surface area contributed by atoms with Crippen LogP contribution in [0.5, 0.6) is 5.75 Å². The molecule has 0 aromatic heterocycles. The highest BCUT2D eigenvalue weighted by atomic mass is 16.7. The van der Waals surface area contributed by atoms with Gasteiger partial charge in [-0.2, -0.15) is 0 Å². The Morgan fingerprint density at radius 3 is 3.06 bits per heavy atom. The van der Waals surface area contributed by atoms with E-state index in [1.165, 1.54) is 12.1 Å². The lowest BCUT2D eigenvalue weighted by molar-refractivity contribution is -0.384. The van der Waals surface area contributed by atoms with Gasteiger partial charge in [0.25, 0.3) is 5.69 Å². The molecule has 1 atom stereocenters. The van der Waals surface area contributed by atoms with E-state index < -0.39 is 11.2 Å². The highest BCUT2D eigenvalue weighted by Gasteiger charge is 2.17. The van der Waals surface area contributed by atoms with Crippen molar-refractivity contribution in [2.45, 2.75) is 13.2 Å². The molecule has 1 heterocycles. The molecule has 0 spiro atoms. The minimum absolute atomic E-state index is 0.0573. The normalized spacial score (nSPS) is 17.7. The van der Waals surface area contributed by atoms with Crippen molar-refractivity contribution in [3.05, 3.63) is 40.0 Å². The van der Waals surface area contributed by atoms with Crippen LogP contribution in [0.25, 0.3) is 6.08 Å².